The molecule has 0 bridgehead atoms. The quantitative estimate of drug-likeness (QED) is 0.378. The smallest absolute Gasteiger partial charge is 0.342 e. The Balaban J connectivity index is 1.11. The maximum atomic E-state index is 14.9. The number of benzene rings is 1. The van der Waals surface area contributed by atoms with Gasteiger partial charge in [0, 0.05) is 44.2 Å². The van der Waals surface area contributed by atoms with Crippen LogP contribution in [0.1, 0.15) is 61.7 Å². The number of fused-ring (bicyclic) bond motifs is 1. The largest absolute Gasteiger partial charge is 0.495 e. The molecule has 4 heterocycles. The van der Waals surface area contributed by atoms with Gasteiger partial charge >= 0.3 is 5.92 Å². The van der Waals surface area contributed by atoms with E-state index in [1.807, 2.05) is 4.90 Å². The number of hydrogen-bond donors (Lipinski definition) is 3. The molecule has 248 valence electrons. The van der Waals surface area contributed by atoms with Crippen molar-refractivity contribution in [1.29, 1.82) is 0 Å². The first-order chi connectivity index (χ1) is 22.1. The number of hydrogen-bond acceptors (Lipinski definition) is 9. The SMILES string of the molecule is COc1cc(C(=O)NC2CCN(C(=O)CCC3CNC3)CC2)ccc1Nc1ncc2c(n1)N(C1CCCC1)CC(F)(F)C(=O)N2C. The van der Waals surface area contributed by atoms with Crippen molar-refractivity contribution in [3.8, 4) is 5.75 Å². The minimum absolute atomic E-state index is 0.0376. The second-order valence-electron chi connectivity index (χ2n) is 12.8. The van der Waals surface area contributed by atoms with Crippen LogP contribution in [0.5, 0.6) is 5.75 Å². The maximum absolute atomic E-state index is 14.9. The van der Waals surface area contributed by atoms with Crippen molar-refractivity contribution < 1.29 is 27.9 Å². The number of nitrogens with one attached hydrogen (secondary N) is 3. The van der Waals surface area contributed by atoms with E-state index in [0.717, 1.165) is 50.1 Å². The Morgan fingerprint density at radius 1 is 1.13 bits per heavy atom. The molecule has 12 nitrogen and oxygen atoms in total. The van der Waals surface area contributed by atoms with E-state index in [1.165, 1.54) is 20.4 Å². The zero-order chi connectivity index (χ0) is 32.4. The maximum Gasteiger partial charge on any atom is 0.342 e. The molecule has 46 heavy (non-hydrogen) atoms. The van der Waals surface area contributed by atoms with Crippen molar-refractivity contribution in [3.05, 3.63) is 30.0 Å². The fourth-order valence-electron chi connectivity index (χ4n) is 6.74. The van der Waals surface area contributed by atoms with Crippen LogP contribution in [-0.2, 0) is 9.59 Å². The molecule has 3 N–H and O–H groups in total. The Morgan fingerprint density at radius 2 is 1.87 bits per heavy atom. The Bertz CT molecular complexity index is 1460. The van der Waals surface area contributed by atoms with Crippen LogP contribution in [0.3, 0.4) is 0 Å². The zero-order valence-electron chi connectivity index (χ0n) is 26.4. The summed E-state index contributed by atoms with van der Waals surface area (Å²) < 4.78 is 35.4. The van der Waals surface area contributed by atoms with Gasteiger partial charge in [-0.2, -0.15) is 13.8 Å². The first-order valence-corrected chi connectivity index (χ1v) is 16.2. The fourth-order valence-corrected chi connectivity index (χ4v) is 6.74. The molecule has 1 aromatic heterocycles. The minimum Gasteiger partial charge on any atom is -0.495 e. The minimum atomic E-state index is -3.56. The topological polar surface area (TPSA) is 132 Å². The molecular weight excluding hydrogens is 598 g/mol. The predicted octanol–water partition coefficient (Wildman–Crippen LogP) is 3.31. The van der Waals surface area contributed by atoms with Crippen molar-refractivity contribution >= 4 is 40.9 Å². The van der Waals surface area contributed by atoms with Gasteiger partial charge in [-0.3, -0.25) is 14.4 Å². The number of ether oxygens (including phenoxy) is 1. The summed E-state index contributed by atoms with van der Waals surface area (Å²) in [5.74, 6) is -3.50. The molecule has 1 aromatic carbocycles. The molecule has 14 heteroatoms. The molecule has 0 atom stereocenters. The van der Waals surface area contributed by atoms with Crippen LogP contribution in [0.15, 0.2) is 24.4 Å². The molecule has 2 aromatic rings. The fraction of sp³-hybridized carbons (Fsp3) is 0.594. The van der Waals surface area contributed by atoms with Crippen molar-refractivity contribution in [3.63, 3.8) is 0 Å². The second-order valence-corrected chi connectivity index (χ2v) is 12.8. The lowest BCUT2D eigenvalue weighted by molar-refractivity contribution is -0.140. The molecule has 4 aliphatic rings. The summed E-state index contributed by atoms with van der Waals surface area (Å²) in [6, 6.07) is 4.77. The van der Waals surface area contributed by atoms with E-state index in [2.05, 4.69) is 25.9 Å². The van der Waals surface area contributed by atoms with Crippen molar-refractivity contribution in [2.75, 3.05) is 62.0 Å². The van der Waals surface area contributed by atoms with Crippen molar-refractivity contribution in [2.45, 2.75) is 69.4 Å². The number of aromatic nitrogens is 2. The third-order valence-electron chi connectivity index (χ3n) is 9.66. The highest BCUT2D eigenvalue weighted by Gasteiger charge is 2.48. The molecular formula is C32H42F2N8O4. The molecule has 1 saturated carbocycles. The number of nitrogens with zero attached hydrogens (tertiary/aromatic N) is 5. The molecule has 6 rings (SSSR count). The zero-order valence-corrected chi connectivity index (χ0v) is 26.4. The summed E-state index contributed by atoms with van der Waals surface area (Å²) in [6.07, 6.45) is 7.60. The van der Waals surface area contributed by atoms with Gasteiger partial charge in [-0.15, -0.1) is 0 Å². The molecule has 0 unspecified atom stereocenters. The molecule has 3 amide bonds. The number of amides is 3. The average Bonchev–Trinajstić information content (AvgIpc) is 3.55. The average molecular weight is 641 g/mol. The van der Waals surface area contributed by atoms with Gasteiger partial charge in [0.25, 0.3) is 11.8 Å². The number of alkyl halides is 2. The van der Waals surface area contributed by atoms with E-state index < -0.39 is 18.4 Å². The number of anilines is 4. The molecule has 2 saturated heterocycles. The number of carbonyl (C=O) groups excluding carboxylic acids is 3. The lowest BCUT2D eigenvalue weighted by Gasteiger charge is -2.33. The summed E-state index contributed by atoms with van der Waals surface area (Å²) in [7, 11) is 2.80. The number of rotatable bonds is 9. The van der Waals surface area contributed by atoms with Crippen LogP contribution in [0, 0.1) is 5.92 Å². The van der Waals surface area contributed by atoms with Crippen LogP contribution < -0.4 is 30.5 Å². The van der Waals surface area contributed by atoms with Crippen LogP contribution in [0.25, 0.3) is 0 Å². The summed E-state index contributed by atoms with van der Waals surface area (Å²) in [4.78, 5) is 51.6. The molecule has 3 aliphatic heterocycles. The van der Waals surface area contributed by atoms with E-state index in [0.29, 0.717) is 55.3 Å². The highest BCUT2D eigenvalue weighted by Crippen LogP contribution is 2.40. The first kappa shape index (κ1) is 31.9. The van der Waals surface area contributed by atoms with E-state index >= 15 is 0 Å². The van der Waals surface area contributed by atoms with Crippen LogP contribution in [0.2, 0.25) is 0 Å². The normalized spacial score (nSPS) is 20.6. The van der Waals surface area contributed by atoms with E-state index in [9.17, 15) is 23.2 Å². The van der Waals surface area contributed by atoms with Gasteiger partial charge in [0.15, 0.2) is 5.82 Å². The highest BCUT2D eigenvalue weighted by atomic mass is 19.3. The summed E-state index contributed by atoms with van der Waals surface area (Å²) in [5.41, 5.74) is 1.12. The Morgan fingerprint density at radius 3 is 2.54 bits per heavy atom. The standard InChI is InChI=1S/C32H42F2N8O4/c1-40-25-18-36-31(39-28(25)42(23-5-3-4-6-23)19-32(33,34)30(40)45)38-24-9-8-21(15-26(24)46-2)29(44)37-22-11-13-41(14-12-22)27(43)10-7-20-16-35-17-20/h8-9,15,18,20,22-23,35H,3-7,10-14,16-17,19H2,1-2H3,(H,37,44)(H,36,38,39). The summed E-state index contributed by atoms with van der Waals surface area (Å²) in [6.45, 7) is 2.49. The predicted molar refractivity (Wildman–Crippen MR) is 169 cm³/mol. The van der Waals surface area contributed by atoms with Gasteiger partial charge in [0.1, 0.15) is 11.4 Å². The van der Waals surface area contributed by atoms with Crippen LogP contribution >= 0.6 is 0 Å². The van der Waals surface area contributed by atoms with Gasteiger partial charge in [-0.25, -0.2) is 4.98 Å². The van der Waals surface area contributed by atoms with Gasteiger partial charge in [-0.05, 0) is 69.3 Å². The Kier molecular flexibility index (Phi) is 9.25. The number of carbonyl (C=O) groups is 3. The monoisotopic (exact) mass is 640 g/mol. The van der Waals surface area contributed by atoms with Gasteiger partial charge in [-0.1, -0.05) is 12.8 Å². The van der Waals surface area contributed by atoms with Crippen LogP contribution in [-0.4, -0.2) is 97.5 Å². The van der Waals surface area contributed by atoms with Crippen molar-refractivity contribution in [1.82, 2.24) is 25.5 Å². The highest BCUT2D eigenvalue weighted by molar-refractivity contribution is 6.02. The van der Waals surface area contributed by atoms with Crippen molar-refractivity contribution in [2.24, 2.45) is 5.92 Å². The van der Waals surface area contributed by atoms with Gasteiger partial charge in [0.2, 0.25) is 11.9 Å². The molecule has 1 aliphatic carbocycles. The first-order valence-electron chi connectivity index (χ1n) is 16.2. The van der Waals surface area contributed by atoms with Gasteiger partial charge in [0.05, 0.1) is 25.5 Å². The third-order valence-corrected chi connectivity index (χ3v) is 9.66. The van der Waals surface area contributed by atoms with Gasteiger partial charge < -0.3 is 35.4 Å². The van der Waals surface area contributed by atoms with Crippen LogP contribution in [0.4, 0.5) is 31.9 Å². The Hall–Kier alpha value is -4.07. The molecule has 0 spiro atoms. The molecule has 3 fully saturated rings. The Labute approximate surface area is 267 Å². The lowest BCUT2D eigenvalue weighted by atomic mass is 9.96. The summed E-state index contributed by atoms with van der Waals surface area (Å²) >= 11 is 0. The summed E-state index contributed by atoms with van der Waals surface area (Å²) in [5, 5.41) is 9.42. The number of halogens is 2. The van der Waals surface area contributed by atoms with E-state index in [-0.39, 0.29) is 41.4 Å². The second kappa shape index (κ2) is 13.3. The molecule has 0 radical (unpaired) electrons. The van der Waals surface area contributed by atoms with E-state index in [1.54, 1.807) is 23.1 Å². The number of likely N-dealkylation sites (tertiary alicyclic amines) is 1. The van der Waals surface area contributed by atoms with E-state index in [4.69, 9.17) is 4.74 Å². The number of piperidine rings is 1. The third kappa shape index (κ3) is 6.72. The lowest BCUT2D eigenvalue weighted by Crippen LogP contribution is -2.48. The number of methoxy groups -OCH3 is 1.